The number of carbonyl (C=O) groups excluding carboxylic acids is 1. The summed E-state index contributed by atoms with van der Waals surface area (Å²) in [5, 5.41) is 8.67. The maximum atomic E-state index is 12.8. The fraction of sp³-hybridized carbons (Fsp3) is 0.120. The van der Waals surface area contributed by atoms with Gasteiger partial charge in [-0.3, -0.25) is 4.79 Å². The molecule has 1 aromatic heterocycles. The number of hydrogen-bond acceptors (Lipinski definition) is 4. The summed E-state index contributed by atoms with van der Waals surface area (Å²) in [6.07, 6.45) is 0.313. The Bertz CT molecular complexity index is 1330. The average Bonchev–Trinajstić information content (AvgIpc) is 3.44. The number of benzene rings is 3. The van der Waals surface area contributed by atoms with Crippen LogP contribution in [0.25, 0.3) is 16.9 Å². The van der Waals surface area contributed by atoms with Gasteiger partial charge in [-0.25, -0.2) is 4.68 Å². The highest BCUT2D eigenvalue weighted by molar-refractivity contribution is 6.30. The Balaban J connectivity index is 1.58. The van der Waals surface area contributed by atoms with Crippen molar-refractivity contribution in [3.63, 3.8) is 0 Å². The van der Waals surface area contributed by atoms with E-state index in [9.17, 15) is 4.79 Å². The molecular formula is C25H18ClN3O3. The highest BCUT2D eigenvalue weighted by atomic mass is 35.5. The van der Waals surface area contributed by atoms with Gasteiger partial charge in [0.25, 0.3) is 0 Å². The lowest BCUT2D eigenvalue weighted by molar-refractivity contribution is -0.116. The van der Waals surface area contributed by atoms with Crippen molar-refractivity contribution in [1.29, 1.82) is 0 Å². The second-order valence-electron chi connectivity index (χ2n) is 7.78. The second kappa shape index (κ2) is 7.43. The third-order valence-corrected chi connectivity index (χ3v) is 6.09. The molecule has 3 aromatic carbocycles. The van der Waals surface area contributed by atoms with Gasteiger partial charge in [-0.15, -0.1) is 0 Å². The standard InChI is InChI=1S/C25H18ClN3O3/c26-17-9-6-15(7-10-17)24-23-19(16-8-11-20-21(12-16)32-14-31-20)13-22(30)27-25(23)29(28-24)18-4-2-1-3-5-18/h1-12,19H,13-14H2,(H,27,30)/t19-/m0/s1. The lowest BCUT2D eigenvalue weighted by atomic mass is 9.84. The van der Waals surface area contributed by atoms with Crippen molar-refractivity contribution in [3.8, 4) is 28.4 Å². The fourth-order valence-electron chi connectivity index (χ4n) is 4.34. The molecule has 6 nitrogen and oxygen atoms in total. The van der Waals surface area contributed by atoms with Gasteiger partial charge in [-0.2, -0.15) is 5.10 Å². The predicted octanol–water partition coefficient (Wildman–Crippen LogP) is 5.40. The summed E-state index contributed by atoms with van der Waals surface area (Å²) >= 11 is 6.13. The number of para-hydroxylation sites is 1. The second-order valence-corrected chi connectivity index (χ2v) is 8.22. The normalized spacial score (nSPS) is 16.5. The monoisotopic (exact) mass is 443 g/mol. The molecule has 0 saturated heterocycles. The van der Waals surface area contributed by atoms with E-state index in [2.05, 4.69) is 5.32 Å². The predicted molar refractivity (Wildman–Crippen MR) is 122 cm³/mol. The van der Waals surface area contributed by atoms with E-state index in [1.54, 1.807) is 4.68 Å². The summed E-state index contributed by atoms with van der Waals surface area (Å²) in [5.74, 6) is 1.85. The third-order valence-electron chi connectivity index (χ3n) is 5.84. The Hall–Kier alpha value is -3.77. The molecule has 1 atom stereocenters. The summed E-state index contributed by atoms with van der Waals surface area (Å²) < 4.78 is 12.9. The molecule has 0 saturated carbocycles. The molecule has 1 amide bonds. The molecule has 0 aliphatic carbocycles. The van der Waals surface area contributed by atoms with Gasteiger partial charge in [-0.1, -0.05) is 48.0 Å². The summed E-state index contributed by atoms with van der Waals surface area (Å²) in [4.78, 5) is 12.8. The quantitative estimate of drug-likeness (QED) is 0.460. The lowest BCUT2D eigenvalue weighted by Crippen LogP contribution is -2.24. The van der Waals surface area contributed by atoms with Crippen LogP contribution < -0.4 is 14.8 Å². The van der Waals surface area contributed by atoms with E-state index >= 15 is 0 Å². The lowest BCUT2D eigenvalue weighted by Gasteiger charge is -2.25. The topological polar surface area (TPSA) is 65.4 Å². The Morgan fingerprint density at radius 2 is 1.75 bits per heavy atom. The van der Waals surface area contributed by atoms with Crippen molar-refractivity contribution < 1.29 is 14.3 Å². The van der Waals surface area contributed by atoms with Crippen molar-refractivity contribution in [3.05, 3.63) is 88.9 Å². The van der Waals surface area contributed by atoms with Crippen LogP contribution in [0.5, 0.6) is 11.5 Å². The van der Waals surface area contributed by atoms with Gasteiger partial charge in [0.2, 0.25) is 12.7 Å². The Morgan fingerprint density at radius 1 is 0.969 bits per heavy atom. The summed E-state index contributed by atoms with van der Waals surface area (Å²) in [5.41, 5.74) is 4.56. The number of nitrogens with zero attached hydrogens (tertiary/aromatic N) is 2. The average molecular weight is 444 g/mol. The van der Waals surface area contributed by atoms with Crippen molar-refractivity contribution in [2.45, 2.75) is 12.3 Å². The van der Waals surface area contributed by atoms with Crippen LogP contribution in [0.15, 0.2) is 72.8 Å². The highest BCUT2D eigenvalue weighted by Gasteiger charge is 2.35. The van der Waals surface area contributed by atoms with E-state index in [1.807, 2.05) is 72.8 Å². The van der Waals surface area contributed by atoms with Crippen LogP contribution in [0, 0.1) is 0 Å². The smallest absolute Gasteiger partial charge is 0.231 e. The number of nitrogens with one attached hydrogen (secondary N) is 1. The molecule has 0 radical (unpaired) electrons. The van der Waals surface area contributed by atoms with Gasteiger partial charge >= 0.3 is 0 Å². The third kappa shape index (κ3) is 3.11. The Kier molecular flexibility index (Phi) is 4.40. The number of carbonyl (C=O) groups is 1. The van der Waals surface area contributed by atoms with E-state index in [1.165, 1.54) is 0 Å². The molecule has 3 heterocycles. The maximum absolute atomic E-state index is 12.8. The molecule has 4 aromatic rings. The largest absolute Gasteiger partial charge is 0.454 e. The van der Waals surface area contributed by atoms with Crippen molar-refractivity contribution in [2.24, 2.45) is 0 Å². The summed E-state index contributed by atoms with van der Waals surface area (Å²) in [7, 11) is 0. The van der Waals surface area contributed by atoms with Crippen LogP contribution in [0.2, 0.25) is 5.02 Å². The van der Waals surface area contributed by atoms with Crippen LogP contribution in [-0.4, -0.2) is 22.5 Å². The van der Waals surface area contributed by atoms with E-state index in [0.29, 0.717) is 28.8 Å². The number of amides is 1. The first kappa shape index (κ1) is 19.0. The van der Waals surface area contributed by atoms with Crippen LogP contribution in [-0.2, 0) is 4.79 Å². The molecule has 7 heteroatoms. The first-order valence-corrected chi connectivity index (χ1v) is 10.7. The van der Waals surface area contributed by atoms with Crippen LogP contribution in [0.4, 0.5) is 5.82 Å². The minimum atomic E-state index is -0.184. The van der Waals surface area contributed by atoms with Gasteiger partial charge in [0, 0.05) is 28.5 Å². The summed E-state index contributed by atoms with van der Waals surface area (Å²) in [6.45, 7) is 0.206. The summed E-state index contributed by atoms with van der Waals surface area (Å²) in [6, 6.07) is 23.2. The van der Waals surface area contributed by atoms with Crippen molar-refractivity contribution in [2.75, 3.05) is 12.1 Å². The minimum Gasteiger partial charge on any atom is -0.454 e. The molecule has 1 N–H and O–H groups in total. The number of ether oxygens (including phenoxy) is 2. The minimum absolute atomic E-state index is 0.0556. The highest BCUT2D eigenvalue weighted by Crippen LogP contribution is 2.46. The van der Waals surface area contributed by atoms with Crippen molar-refractivity contribution in [1.82, 2.24) is 9.78 Å². The number of halogens is 1. The van der Waals surface area contributed by atoms with Crippen LogP contribution in [0.1, 0.15) is 23.5 Å². The molecule has 6 rings (SSSR count). The number of rotatable bonds is 3. The van der Waals surface area contributed by atoms with Crippen LogP contribution >= 0.6 is 11.6 Å². The van der Waals surface area contributed by atoms with Gasteiger partial charge in [0.1, 0.15) is 5.82 Å². The van der Waals surface area contributed by atoms with Gasteiger partial charge < -0.3 is 14.8 Å². The molecule has 0 fully saturated rings. The van der Waals surface area contributed by atoms with Crippen LogP contribution in [0.3, 0.4) is 0 Å². The first-order chi connectivity index (χ1) is 15.7. The van der Waals surface area contributed by atoms with E-state index in [4.69, 9.17) is 26.2 Å². The number of aromatic nitrogens is 2. The van der Waals surface area contributed by atoms with E-state index in [-0.39, 0.29) is 18.6 Å². The molecule has 2 aliphatic rings. The van der Waals surface area contributed by atoms with E-state index in [0.717, 1.165) is 28.1 Å². The van der Waals surface area contributed by atoms with Gasteiger partial charge in [-0.05, 0) is 42.0 Å². The van der Waals surface area contributed by atoms with Crippen molar-refractivity contribution >= 4 is 23.3 Å². The van der Waals surface area contributed by atoms with E-state index < -0.39 is 0 Å². The first-order valence-electron chi connectivity index (χ1n) is 10.3. The zero-order valence-corrected chi connectivity index (χ0v) is 17.7. The molecular weight excluding hydrogens is 426 g/mol. The molecule has 0 spiro atoms. The molecule has 158 valence electrons. The molecule has 0 bridgehead atoms. The fourth-order valence-corrected chi connectivity index (χ4v) is 4.47. The SMILES string of the molecule is O=C1C[C@@H](c2ccc3c(c2)OCO3)c2c(-c3ccc(Cl)cc3)nn(-c3ccccc3)c2N1. The van der Waals surface area contributed by atoms with Gasteiger partial charge in [0.15, 0.2) is 11.5 Å². The zero-order chi connectivity index (χ0) is 21.7. The zero-order valence-electron chi connectivity index (χ0n) is 16.9. The molecule has 0 unspecified atom stereocenters. The maximum Gasteiger partial charge on any atom is 0.231 e. The Morgan fingerprint density at radius 3 is 2.56 bits per heavy atom. The Labute approximate surface area is 189 Å². The number of anilines is 1. The number of fused-ring (bicyclic) bond motifs is 2. The van der Waals surface area contributed by atoms with Gasteiger partial charge in [0.05, 0.1) is 11.4 Å². The molecule has 32 heavy (non-hydrogen) atoms. The molecule has 2 aliphatic heterocycles. The number of hydrogen-bond donors (Lipinski definition) is 1.